The fourth-order valence-electron chi connectivity index (χ4n) is 2.46. The number of anilines is 1. The van der Waals surface area contributed by atoms with E-state index in [4.69, 9.17) is 16.0 Å². The Labute approximate surface area is 167 Å². The van der Waals surface area contributed by atoms with Crippen molar-refractivity contribution >= 4 is 35.3 Å². The number of benzene rings is 2. The molecule has 1 aromatic heterocycles. The first-order chi connectivity index (χ1) is 13.0. The molecule has 1 N–H and O–H groups in total. The van der Waals surface area contributed by atoms with Crippen molar-refractivity contribution in [1.29, 1.82) is 0 Å². The van der Waals surface area contributed by atoms with Crippen molar-refractivity contribution in [3.63, 3.8) is 0 Å². The van der Waals surface area contributed by atoms with Gasteiger partial charge in [0.25, 0.3) is 0 Å². The lowest BCUT2D eigenvalue weighted by molar-refractivity contribution is -0.115. The zero-order valence-corrected chi connectivity index (χ0v) is 16.7. The van der Waals surface area contributed by atoms with Crippen LogP contribution in [0.2, 0.25) is 5.02 Å². The molecule has 0 aliphatic heterocycles. The van der Waals surface area contributed by atoms with Crippen LogP contribution in [0.4, 0.5) is 6.01 Å². The van der Waals surface area contributed by atoms with Crippen LogP contribution >= 0.6 is 23.4 Å². The molecule has 0 aliphatic rings. The summed E-state index contributed by atoms with van der Waals surface area (Å²) in [5.74, 6) is 0.239. The Morgan fingerprint density at radius 2 is 1.74 bits per heavy atom. The van der Waals surface area contributed by atoms with Gasteiger partial charge in [-0.25, -0.2) is 0 Å². The minimum atomic E-state index is -0.220. The maximum Gasteiger partial charge on any atom is 0.322 e. The van der Waals surface area contributed by atoms with Gasteiger partial charge in [-0.3, -0.25) is 10.1 Å². The highest BCUT2D eigenvalue weighted by atomic mass is 35.5. The third-order valence-corrected chi connectivity index (χ3v) is 4.91. The molecule has 1 heterocycles. The summed E-state index contributed by atoms with van der Waals surface area (Å²) >= 11 is 7.66. The first-order valence-corrected chi connectivity index (χ1v) is 9.86. The lowest BCUT2D eigenvalue weighted by Gasteiger charge is -2.05. The highest BCUT2D eigenvalue weighted by Gasteiger charge is 2.11. The molecule has 0 radical (unpaired) electrons. The van der Waals surface area contributed by atoms with Gasteiger partial charge in [-0.05, 0) is 35.4 Å². The summed E-state index contributed by atoms with van der Waals surface area (Å²) in [5, 5.41) is 11.7. The maximum absolute atomic E-state index is 12.1. The molecule has 27 heavy (non-hydrogen) atoms. The van der Waals surface area contributed by atoms with E-state index in [1.807, 2.05) is 36.0 Å². The van der Waals surface area contributed by atoms with Gasteiger partial charge in [0.2, 0.25) is 11.8 Å². The smallest absolute Gasteiger partial charge is 0.322 e. The van der Waals surface area contributed by atoms with Crippen LogP contribution in [-0.2, 0) is 17.6 Å². The van der Waals surface area contributed by atoms with Crippen LogP contribution in [0.3, 0.4) is 0 Å². The van der Waals surface area contributed by atoms with E-state index < -0.39 is 0 Å². The summed E-state index contributed by atoms with van der Waals surface area (Å²) in [6, 6.07) is 15.5. The number of nitrogens with one attached hydrogen (secondary N) is 1. The Morgan fingerprint density at radius 1 is 1.07 bits per heavy atom. The Kier molecular flexibility index (Phi) is 6.53. The van der Waals surface area contributed by atoms with Crippen molar-refractivity contribution in [1.82, 2.24) is 10.2 Å². The van der Waals surface area contributed by atoms with Gasteiger partial charge in [0.15, 0.2) is 0 Å². The van der Waals surface area contributed by atoms with Crippen LogP contribution in [-0.4, -0.2) is 21.4 Å². The topological polar surface area (TPSA) is 68.0 Å². The number of carbonyl (C=O) groups excluding carboxylic acids is 1. The molecule has 2 aromatic carbocycles. The van der Waals surface area contributed by atoms with Crippen molar-refractivity contribution in [2.45, 2.75) is 36.8 Å². The molecule has 140 valence electrons. The molecular formula is C20H20ClN3O2S. The largest absolute Gasteiger partial charge is 0.407 e. The second kappa shape index (κ2) is 9.06. The summed E-state index contributed by atoms with van der Waals surface area (Å²) in [5.41, 5.74) is 1.93. The van der Waals surface area contributed by atoms with Crippen molar-refractivity contribution in [3.8, 4) is 0 Å². The highest BCUT2D eigenvalue weighted by molar-refractivity contribution is 7.99. The number of amides is 1. The number of nitrogens with zero attached hydrogens (tertiary/aromatic N) is 2. The Morgan fingerprint density at radius 3 is 2.41 bits per heavy atom. The molecule has 3 aromatic rings. The van der Waals surface area contributed by atoms with E-state index in [1.54, 1.807) is 12.1 Å². The fraction of sp³-hybridized carbons (Fsp3) is 0.250. The number of aromatic nitrogens is 2. The van der Waals surface area contributed by atoms with Gasteiger partial charge in [-0.1, -0.05) is 54.8 Å². The average Bonchev–Trinajstić information content (AvgIpc) is 3.05. The predicted molar refractivity (Wildman–Crippen MR) is 108 cm³/mol. The molecule has 1 amide bonds. The standard InChI is InChI=1S/C20H20ClN3O2S/c1-13(2)27-17-9-5-15(6-10-17)12-19-23-24-20(26-19)22-18(25)11-14-3-7-16(21)8-4-14/h3-10,13H,11-12H2,1-2H3,(H,22,24,25). The molecule has 0 aliphatic carbocycles. The van der Waals surface area contributed by atoms with Gasteiger partial charge in [0, 0.05) is 15.2 Å². The van der Waals surface area contributed by atoms with Gasteiger partial charge in [-0.15, -0.1) is 16.9 Å². The highest BCUT2D eigenvalue weighted by Crippen LogP contribution is 2.23. The second-order valence-electron chi connectivity index (χ2n) is 6.34. The van der Waals surface area contributed by atoms with Crippen molar-refractivity contribution in [3.05, 3.63) is 70.6 Å². The van der Waals surface area contributed by atoms with Crippen LogP contribution in [0, 0.1) is 0 Å². The number of carbonyl (C=O) groups is 1. The first kappa shape index (κ1) is 19.5. The molecule has 0 unspecified atom stereocenters. The van der Waals surface area contributed by atoms with Crippen LogP contribution in [0.15, 0.2) is 57.8 Å². The molecule has 5 nitrogen and oxygen atoms in total. The minimum Gasteiger partial charge on any atom is -0.407 e. The predicted octanol–water partition coefficient (Wildman–Crippen LogP) is 5.00. The van der Waals surface area contributed by atoms with Crippen LogP contribution in [0.1, 0.15) is 30.9 Å². The minimum absolute atomic E-state index is 0.107. The number of halogens is 1. The zero-order chi connectivity index (χ0) is 19.2. The SMILES string of the molecule is CC(C)Sc1ccc(Cc2nnc(NC(=O)Cc3ccc(Cl)cc3)o2)cc1. The molecule has 0 saturated carbocycles. The zero-order valence-electron chi connectivity index (χ0n) is 15.1. The van der Waals surface area contributed by atoms with E-state index >= 15 is 0 Å². The quantitative estimate of drug-likeness (QED) is 0.564. The van der Waals surface area contributed by atoms with Crippen molar-refractivity contribution < 1.29 is 9.21 Å². The molecule has 3 rings (SSSR count). The third kappa shape index (κ3) is 6.12. The monoisotopic (exact) mass is 401 g/mol. The normalized spacial score (nSPS) is 11.0. The molecule has 0 bridgehead atoms. The molecule has 0 atom stereocenters. The van der Waals surface area contributed by atoms with Crippen LogP contribution < -0.4 is 5.32 Å². The summed E-state index contributed by atoms with van der Waals surface area (Å²) < 4.78 is 5.53. The van der Waals surface area contributed by atoms with E-state index in [0.29, 0.717) is 22.6 Å². The number of hydrogen-bond donors (Lipinski definition) is 1. The first-order valence-electron chi connectivity index (χ1n) is 8.60. The second-order valence-corrected chi connectivity index (χ2v) is 8.43. The summed E-state index contributed by atoms with van der Waals surface area (Å²) in [6.45, 7) is 4.33. The van der Waals surface area contributed by atoms with Crippen molar-refractivity contribution in [2.75, 3.05) is 5.32 Å². The summed E-state index contributed by atoms with van der Waals surface area (Å²) in [6.07, 6.45) is 0.733. The van der Waals surface area contributed by atoms with E-state index in [9.17, 15) is 4.79 Å². The Balaban J connectivity index is 1.54. The maximum atomic E-state index is 12.1. The van der Waals surface area contributed by atoms with Gasteiger partial charge in [0.1, 0.15) is 0 Å². The van der Waals surface area contributed by atoms with Crippen LogP contribution in [0.25, 0.3) is 0 Å². The molecule has 0 spiro atoms. The van der Waals surface area contributed by atoms with E-state index in [1.165, 1.54) is 4.90 Å². The molecular weight excluding hydrogens is 382 g/mol. The number of thioether (sulfide) groups is 1. The van der Waals surface area contributed by atoms with Crippen LogP contribution in [0.5, 0.6) is 0 Å². The lowest BCUT2D eigenvalue weighted by Crippen LogP contribution is -2.14. The van der Waals surface area contributed by atoms with Gasteiger partial charge in [-0.2, -0.15) is 0 Å². The van der Waals surface area contributed by atoms with Crippen molar-refractivity contribution in [2.24, 2.45) is 0 Å². The lowest BCUT2D eigenvalue weighted by atomic mass is 10.1. The van der Waals surface area contributed by atoms with E-state index in [-0.39, 0.29) is 18.3 Å². The molecule has 0 saturated heterocycles. The average molecular weight is 402 g/mol. The third-order valence-electron chi connectivity index (χ3n) is 3.64. The Hall–Kier alpha value is -2.31. The number of rotatable bonds is 7. The van der Waals surface area contributed by atoms with E-state index in [2.05, 4.69) is 41.5 Å². The number of hydrogen-bond acceptors (Lipinski definition) is 5. The van der Waals surface area contributed by atoms with Gasteiger partial charge < -0.3 is 4.42 Å². The summed E-state index contributed by atoms with van der Waals surface area (Å²) in [4.78, 5) is 13.3. The van der Waals surface area contributed by atoms with E-state index in [0.717, 1.165) is 11.1 Å². The fourth-order valence-corrected chi connectivity index (χ4v) is 3.42. The molecule has 0 fully saturated rings. The van der Waals surface area contributed by atoms with Gasteiger partial charge >= 0.3 is 6.01 Å². The Bertz CT molecular complexity index is 892. The van der Waals surface area contributed by atoms with Gasteiger partial charge in [0.05, 0.1) is 12.8 Å². The molecule has 7 heteroatoms. The summed E-state index contributed by atoms with van der Waals surface area (Å²) in [7, 11) is 0.